The topological polar surface area (TPSA) is 57.6 Å². The molecule has 0 aromatic heterocycles. The van der Waals surface area contributed by atoms with E-state index < -0.39 is 11.8 Å². The van der Waals surface area contributed by atoms with E-state index in [1.165, 1.54) is 17.0 Å². The van der Waals surface area contributed by atoms with Gasteiger partial charge in [-0.25, -0.2) is 4.39 Å². The lowest BCUT2D eigenvalue weighted by Crippen LogP contribution is -2.41. The normalized spacial score (nSPS) is 10.6. The Morgan fingerprint density at radius 3 is 2.53 bits per heavy atom. The van der Waals surface area contributed by atoms with Crippen molar-refractivity contribution in [3.8, 4) is 0 Å². The monoisotopic (exact) mass is 331 g/mol. The molecule has 0 unspecified atom stereocenters. The van der Waals surface area contributed by atoms with Gasteiger partial charge in [-0.05, 0) is 47.5 Å². The minimum absolute atomic E-state index is 0.0182. The van der Waals surface area contributed by atoms with Crippen molar-refractivity contribution in [1.82, 2.24) is 4.90 Å². The summed E-state index contributed by atoms with van der Waals surface area (Å²) in [6, 6.07) is 4.20. The first-order valence-corrected chi connectivity index (χ1v) is 6.55. The van der Waals surface area contributed by atoms with Gasteiger partial charge >= 0.3 is 5.97 Å². The summed E-state index contributed by atoms with van der Waals surface area (Å²) in [5, 5.41) is 8.77. The number of carbonyl (C=O) groups is 2. The zero-order valence-corrected chi connectivity index (χ0v) is 12.3. The van der Waals surface area contributed by atoms with Gasteiger partial charge in [0.15, 0.2) is 0 Å². The van der Waals surface area contributed by atoms with E-state index in [-0.39, 0.29) is 24.9 Å². The highest BCUT2D eigenvalue weighted by atomic mass is 79.9. The quantitative estimate of drug-likeness (QED) is 0.901. The van der Waals surface area contributed by atoms with Gasteiger partial charge in [0, 0.05) is 6.04 Å². The van der Waals surface area contributed by atoms with Gasteiger partial charge in [0.1, 0.15) is 12.4 Å². The van der Waals surface area contributed by atoms with Crippen LogP contribution in [-0.2, 0) is 16.0 Å². The van der Waals surface area contributed by atoms with Crippen LogP contribution in [0.4, 0.5) is 4.39 Å². The van der Waals surface area contributed by atoms with Crippen molar-refractivity contribution >= 4 is 27.8 Å². The number of aliphatic carboxylic acids is 1. The molecular formula is C13H15BrFNO3. The second kappa shape index (κ2) is 6.65. The van der Waals surface area contributed by atoms with Crippen LogP contribution in [0.1, 0.15) is 19.4 Å². The Bertz CT molecular complexity index is 491. The summed E-state index contributed by atoms with van der Waals surface area (Å²) in [6.45, 7) is 3.13. The lowest BCUT2D eigenvalue weighted by Gasteiger charge is -2.25. The van der Waals surface area contributed by atoms with Crippen LogP contribution in [0.25, 0.3) is 0 Å². The van der Waals surface area contributed by atoms with Crippen LogP contribution in [-0.4, -0.2) is 34.5 Å². The second-order valence-electron chi connectivity index (χ2n) is 4.43. The number of rotatable bonds is 5. The highest BCUT2D eigenvalue weighted by Crippen LogP contribution is 2.17. The molecule has 0 aliphatic carbocycles. The number of carboxylic acids is 1. The SMILES string of the molecule is CC(C)N(CC(=O)O)C(=O)Cc1ccc(Br)c(F)c1. The molecule has 0 aliphatic rings. The number of hydrogen-bond donors (Lipinski definition) is 1. The Balaban J connectivity index is 2.81. The molecule has 0 saturated carbocycles. The molecule has 1 rings (SSSR count). The second-order valence-corrected chi connectivity index (χ2v) is 5.29. The molecule has 104 valence electrons. The maximum atomic E-state index is 13.3. The van der Waals surface area contributed by atoms with Gasteiger partial charge in [0.05, 0.1) is 10.9 Å². The standard InChI is InChI=1S/C13H15BrFNO3/c1-8(2)16(7-13(18)19)12(17)6-9-3-4-10(14)11(15)5-9/h3-5,8H,6-7H2,1-2H3,(H,18,19). The van der Waals surface area contributed by atoms with Crippen molar-refractivity contribution in [3.63, 3.8) is 0 Å². The van der Waals surface area contributed by atoms with E-state index in [0.29, 0.717) is 10.0 Å². The molecule has 0 spiro atoms. The van der Waals surface area contributed by atoms with E-state index >= 15 is 0 Å². The molecule has 0 radical (unpaired) electrons. The molecule has 0 atom stereocenters. The average Bonchev–Trinajstić information content (AvgIpc) is 2.30. The van der Waals surface area contributed by atoms with E-state index in [1.54, 1.807) is 19.9 Å². The summed E-state index contributed by atoms with van der Waals surface area (Å²) in [6.07, 6.45) is -0.0182. The van der Waals surface area contributed by atoms with Crippen molar-refractivity contribution in [3.05, 3.63) is 34.1 Å². The molecule has 1 aromatic rings. The third kappa shape index (κ3) is 4.63. The van der Waals surface area contributed by atoms with Gasteiger partial charge in [0.25, 0.3) is 0 Å². The van der Waals surface area contributed by atoms with Crippen molar-refractivity contribution in [2.24, 2.45) is 0 Å². The lowest BCUT2D eigenvalue weighted by molar-refractivity contribution is -0.145. The van der Waals surface area contributed by atoms with E-state index in [1.807, 2.05) is 0 Å². The first-order chi connectivity index (χ1) is 8.81. The van der Waals surface area contributed by atoms with Crippen LogP contribution in [0.3, 0.4) is 0 Å². The van der Waals surface area contributed by atoms with E-state index in [0.717, 1.165) is 0 Å². The number of amides is 1. The minimum atomic E-state index is -1.07. The number of nitrogens with zero attached hydrogens (tertiary/aromatic N) is 1. The zero-order valence-electron chi connectivity index (χ0n) is 10.7. The molecule has 1 aromatic carbocycles. The number of halogens is 2. The highest BCUT2D eigenvalue weighted by Gasteiger charge is 2.20. The van der Waals surface area contributed by atoms with Crippen LogP contribution < -0.4 is 0 Å². The fraction of sp³-hybridized carbons (Fsp3) is 0.385. The summed E-state index contributed by atoms with van der Waals surface area (Å²) in [7, 11) is 0. The maximum Gasteiger partial charge on any atom is 0.323 e. The third-order valence-corrected chi connectivity index (χ3v) is 3.23. The molecule has 1 N–H and O–H groups in total. The first kappa shape index (κ1) is 15.6. The Labute approximate surface area is 119 Å². The molecule has 19 heavy (non-hydrogen) atoms. The Kier molecular flexibility index (Phi) is 5.47. The van der Waals surface area contributed by atoms with Crippen molar-refractivity contribution < 1.29 is 19.1 Å². The number of carbonyl (C=O) groups excluding carboxylic acids is 1. The van der Waals surface area contributed by atoms with Crippen molar-refractivity contribution in [1.29, 1.82) is 0 Å². The highest BCUT2D eigenvalue weighted by molar-refractivity contribution is 9.10. The maximum absolute atomic E-state index is 13.3. The fourth-order valence-corrected chi connectivity index (χ4v) is 1.88. The van der Waals surface area contributed by atoms with E-state index in [9.17, 15) is 14.0 Å². The lowest BCUT2D eigenvalue weighted by atomic mass is 10.1. The summed E-state index contributed by atoms with van der Waals surface area (Å²) in [4.78, 5) is 24.0. The van der Waals surface area contributed by atoms with Gasteiger partial charge in [-0.1, -0.05) is 6.07 Å². The molecule has 0 bridgehead atoms. The third-order valence-electron chi connectivity index (χ3n) is 2.59. The largest absolute Gasteiger partial charge is 0.480 e. The van der Waals surface area contributed by atoms with Crippen molar-refractivity contribution in [2.75, 3.05) is 6.54 Å². The molecule has 0 heterocycles. The average molecular weight is 332 g/mol. The predicted molar refractivity (Wildman–Crippen MR) is 72.3 cm³/mol. The first-order valence-electron chi connectivity index (χ1n) is 5.76. The van der Waals surface area contributed by atoms with Crippen LogP contribution in [0, 0.1) is 5.82 Å². The van der Waals surface area contributed by atoms with Crippen LogP contribution >= 0.6 is 15.9 Å². The number of benzene rings is 1. The van der Waals surface area contributed by atoms with Crippen LogP contribution in [0.5, 0.6) is 0 Å². The number of hydrogen-bond acceptors (Lipinski definition) is 2. The molecule has 6 heteroatoms. The van der Waals surface area contributed by atoms with Gasteiger partial charge in [-0.2, -0.15) is 0 Å². The van der Waals surface area contributed by atoms with Gasteiger partial charge in [-0.3, -0.25) is 9.59 Å². The molecule has 0 fully saturated rings. The molecular weight excluding hydrogens is 317 g/mol. The molecule has 0 aliphatic heterocycles. The summed E-state index contributed by atoms with van der Waals surface area (Å²) in [5.74, 6) is -1.84. The zero-order chi connectivity index (χ0) is 14.6. The Hall–Kier alpha value is -1.43. The molecule has 0 saturated heterocycles. The molecule has 4 nitrogen and oxygen atoms in total. The van der Waals surface area contributed by atoms with E-state index in [4.69, 9.17) is 5.11 Å². The Morgan fingerprint density at radius 1 is 1.42 bits per heavy atom. The summed E-state index contributed by atoms with van der Waals surface area (Å²) >= 11 is 3.03. The van der Waals surface area contributed by atoms with Gasteiger partial charge < -0.3 is 10.0 Å². The van der Waals surface area contributed by atoms with Crippen LogP contribution in [0.2, 0.25) is 0 Å². The summed E-state index contributed by atoms with van der Waals surface area (Å²) in [5.41, 5.74) is 0.515. The molecule has 1 amide bonds. The summed E-state index contributed by atoms with van der Waals surface area (Å²) < 4.78 is 13.7. The fourth-order valence-electron chi connectivity index (χ4n) is 1.63. The number of carboxylic acid groups (broad SMARTS) is 1. The van der Waals surface area contributed by atoms with Crippen molar-refractivity contribution in [2.45, 2.75) is 26.3 Å². The van der Waals surface area contributed by atoms with Crippen LogP contribution in [0.15, 0.2) is 22.7 Å². The minimum Gasteiger partial charge on any atom is -0.480 e. The van der Waals surface area contributed by atoms with Gasteiger partial charge in [-0.15, -0.1) is 0 Å². The smallest absolute Gasteiger partial charge is 0.323 e. The predicted octanol–water partition coefficient (Wildman–Crippen LogP) is 2.45. The van der Waals surface area contributed by atoms with E-state index in [2.05, 4.69) is 15.9 Å². The van der Waals surface area contributed by atoms with Gasteiger partial charge in [0.2, 0.25) is 5.91 Å². The Morgan fingerprint density at radius 2 is 2.05 bits per heavy atom.